The lowest BCUT2D eigenvalue weighted by molar-refractivity contribution is -0.124. The summed E-state index contributed by atoms with van der Waals surface area (Å²) in [4.78, 5) is 34.8. The molecule has 2 saturated heterocycles. The number of carbonyl (C=O) groups is 2. The Balaban J connectivity index is 1.49. The zero-order valence-corrected chi connectivity index (χ0v) is 22.5. The maximum absolute atomic E-state index is 13.7. The average molecular weight is 526 g/mol. The zero-order valence-electron chi connectivity index (χ0n) is 21.7. The first-order valence-electron chi connectivity index (χ1n) is 12.6. The molecule has 1 N–H and O–H groups in total. The lowest BCUT2D eigenvalue weighted by Gasteiger charge is -2.34. The molecule has 0 spiro atoms. The fraction of sp³-hybridized carbons (Fsp3) is 0.444. The van der Waals surface area contributed by atoms with E-state index in [4.69, 9.17) is 21.7 Å². The fourth-order valence-electron chi connectivity index (χ4n) is 4.57. The van der Waals surface area contributed by atoms with Crippen molar-refractivity contribution in [2.45, 2.75) is 19.4 Å². The summed E-state index contributed by atoms with van der Waals surface area (Å²) < 4.78 is 10.7. The highest BCUT2D eigenvalue weighted by Crippen LogP contribution is 2.29. The highest BCUT2D eigenvalue weighted by atomic mass is 32.1. The van der Waals surface area contributed by atoms with Crippen LogP contribution in [0, 0.1) is 0 Å². The summed E-state index contributed by atoms with van der Waals surface area (Å²) in [5, 5.41) is 3.32. The molecule has 0 aliphatic carbocycles. The number of thiocarbonyl (C=S) groups is 1. The maximum atomic E-state index is 13.7. The number of nitrogens with one attached hydrogen (secondary N) is 1. The lowest BCUT2D eigenvalue weighted by Crippen LogP contribution is -2.48. The smallest absolute Gasteiger partial charge is 0.256 e. The molecule has 2 aliphatic rings. The average Bonchev–Trinajstić information content (AvgIpc) is 3.13. The van der Waals surface area contributed by atoms with Crippen molar-refractivity contribution in [1.82, 2.24) is 14.7 Å². The van der Waals surface area contributed by atoms with E-state index in [-0.39, 0.29) is 18.2 Å². The van der Waals surface area contributed by atoms with E-state index in [2.05, 4.69) is 22.2 Å². The van der Waals surface area contributed by atoms with E-state index in [0.29, 0.717) is 35.4 Å². The van der Waals surface area contributed by atoms with Gasteiger partial charge >= 0.3 is 0 Å². The summed E-state index contributed by atoms with van der Waals surface area (Å²) in [5.41, 5.74) is 1.31. The molecule has 0 bridgehead atoms. The number of carbonyl (C=O) groups excluding carboxylic acids is 2. The van der Waals surface area contributed by atoms with Crippen molar-refractivity contribution in [1.29, 1.82) is 0 Å². The van der Waals surface area contributed by atoms with Gasteiger partial charge in [-0.2, -0.15) is 0 Å². The fourth-order valence-corrected chi connectivity index (χ4v) is 4.98. The van der Waals surface area contributed by atoms with E-state index in [1.165, 1.54) is 0 Å². The van der Waals surface area contributed by atoms with Gasteiger partial charge in [0.15, 0.2) is 5.11 Å². The molecule has 0 radical (unpaired) electrons. The van der Waals surface area contributed by atoms with E-state index in [1.54, 1.807) is 36.3 Å². The van der Waals surface area contributed by atoms with Crippen LogP contribution in [0.1, 0.15) is 13.3 Å². The summed E-state index contributed by atoms with van der Waals surface area (Å²) in [6.07, 6.45) is 0.00126. The van der Waals surface area contributed by atoms with Crippen molar-refractivity contribution in [3.8, 4) is 11.5 Å². The minimum atomic E-state index is -0.676. The van der Waals surface area contributed by atoms with Crippen molar-refractivity contribution >= 4 is 40.5 Å². The maximum Gasteiger partial charge on any atom is 0.256 e. The highest BCUT2D eigenvalue weighted by molar-refractivity contribution is 7.80. The molecule has 198 valence electrons. The standard InChI is InChI=1S/C27H35N5O4S/c1-4-36-23-11-7-21(8-12-23)32-26(34)24(19-25(33)28-20-5-9-22(35-3)10-6-20)31(27(32)37)18-17-30-15-13-29(2)14-16-30/h5-12,24H,4,13-19H2,1-3H3,(H,28,33). The number of piperazine rings is 1. The highest BCUT2D eigenvalue weighted by Gasteiger charge is 2.44. The third-order valence-corrected chi connectivity index (χ3v) is 7.15. The predicted octanol–water partition coefficient (Wildman–Crippen LogP) is 2.67. The van der Waals surface area contributed by atoms with Crippen LogP contribution in [0.4, 0.5) is 11.4 Å². The zero-order chi connectivity index (χ0) is 26.4. The van der Waals surface area contributed by atoms with Crippen LogP contribution in [0.2, 0.25) is 0 Å². The number of nitrogens with zero attached hydrogens (tertiary/aromatic N) is 4. The van der Waals surface area contributed by atoms with Crippen LogP contribution in [-0.4, -0.2) is 97.7 Å². The van der Waals surface area contributed by atoms with Crippen LogP contribution in [0.25, 0.3) is 0 Å². The van der Waals surface area contributed by atoms with Crippen molar-refractivity contribution in [2.75, 3.05) is 70.2 Å². The molecule has 2 heterocycles. The Labute approximate surface area is 223 Å². The second-order valence-corrected chi connectivity index (χ2v) is 9.58. The third kappa shape index (κ3) is 6.57. The Hall–Kier alpha value is -3.21. The number of methoxy groups -OCH3 is 1. The first-order chi connectivity index (χ1) is 17.9. The molecule has 0 aromatic heterocycles. The molecule has 1 unspecified atom stereocenters. The lowest BCUT2D eigenvalue weighted by atomic mass is 10.1. The van der Waals surface area contributed by atoms with E-state index >= 15 is 0 Å². The molecule has 10 heteroatoms. The Morgan fingerprint density at radius 1 is 1.00 bits per heavy atom. The number of likely N-dealkylation sites (N-methyl/N-ethyl adjacent to an activating group) is 1. The quantitative estimate of drug-likeness (QED) is 0.475. The van der Waals surface area contributed by atoms with Gasteiger partial charge in [-0.1, -0.05) is 0 Å². The molecule has 2 aliphatic heterocycles. The Morgan fingerprint density at radius 2 is 1.65 bits per heavy atom. The second kappa shape index (κ2) is 12.4. The van der Waals surface area contributed by atoms with Gasteiger partial charge in [-0.25, -0.2) is 0 Å². The van der Waals surface area contributed by atoms with Crippen LogP contribution in [0.5, 0.6) is 11.5 Å². The Morgan fingerprint density at radius 3 is 2.27 bits per heavy atom. The van der Waals surface area contributed by atoms with E-state index in [9.17, 15) is 9.59 Å². The summed E-state index contributed by atoms with van der Waals surface area (Å²) >= 11 is 5.81. The largest absolute Gasteiger partial charge is 0.497 e. The predicted molar refractivity (Wildman–Crippen MR) is 148 cm³/mol. The molecular weight excluding hydrogens is 490 g/mol. The molecule has 2 amide bonds. The molecule has 1 atom stereocenters. The van der Waals surface area contributed by atoms with Gasteiger partial charge in [0, 0.05) is 45.0 Å². The minimum Gasteiger partial charge on any atom is -0.497 e. The minimum absolute atomic E-state index is 0.00126. The number of amides is 2. The molecule has 2 aromatic rings. The van der Waals surface area contributed by atoms with Crippen molar-refractivity contribution in [2.24, 2.45) is 0 Å². The number of hydrogen-bond acceptors (Lipinski definition) is 7. The molecule has 2 fully saturated rings. The van der Waals surface area contributed by atoms with E-state index < -0.39 is 6.04 Å². The van der Waals surface area contributed by atoms with Crippen LogP contribution in [0.3, 0.4) is 0 Å². The van der Waals surface area contributed by atoms with Gasteiger partial charge in [0.1, 0.15) is 17.5 Å². The summed E-state index contributed by atoms with van der Waals surface area (Å²) in [6.45, 7) is 7.79. The van der Waals surface area contributed by atoms with E-state index in [1.807, 2.05) is 36.1 Å². The van der Waals surface area contributed by atoms with Crippen LogP contribution in [-0.2, 0) is 9.59 Å². The third-order valence-electron chi connectivity index (χ3n) is 6.73. The Kier molecular flexibility index (Phi) is 8.96. The summed E-state index contributed by atoms with van der Waals surface area (Å²) in [6, 6.07) is 13.7. The van der Waals surface area contributed by atoms with Crippen LogP contribution in [0.15, 0.2) is 48.5 Å². The van der Waals surface area contributed by atoms with Crippen molar-refractivity contribution in [3.63, 3.8) is 0 Å². The molecule has 37 heavy (non-hydrogen) atoms. The van der Waals surface area contributed by atoms with E-state index in [0.717, 1.165) is 38.5 Å². The number of anilines is 2. The monoisotopic (exact) mass is 525 g/mol. The van der Waals surface area contributed by atoms with Gasteiger partial charge in [0.25, 0.3) is 5.91 Å². The van der Waals surface area contributed by atoms with Gasteiger partial charge < -0.3 is 24.6 Å². The van der Waals surface area contributed by atoms with Crippen LogP contribution < -0.4 is 19.7 Å². The molecule has 4 rings (SSSR count). The van der Waals surface area contributed by atoms with Gasteiger partial charge in [-0.15, -0.1) is 0 Å². The van der Waals surface area contributed by atoms with Gasteiger partial charge in [-0.05, 0) is 74.7 Å². The molecular formula is C27H35N5O4S. The van der Waals surface area contributed by atoms with Gasteiger partial charge in [-0.3, -0.25) is 19.4 Å². The number of ether oxygens (including phenoxy) is 2. The summed E-state index contributed by atoms with van der Waals surface area (Å²) in [5.74, 6) is 0.989. The van der Waals surface area contributed by atoms with Crippen molar-refractivity contribution < 1.29 is 19.1 Å². The number of benzene rings is 2. The molecule has 2 aromatic carbocycles. The molecule has 9 nitrogen and oxygen atoms in total. The van der Waals surface area contributed by atoms with Crippen LogP contribution >= 0.6 is 12.2 Å². The van der Waals surface area contributed by atoms with Crippen molar-refractivity contribution in [3.05, 3.63) is 48.5 Å². The van der Waals surface area contributed by atoms with Gasteiger partial charge in [0.2, 0.25) is 5.91 Å². The summed E-state index contributed by atoms with van der Waals surface area (Å²) in [7, 11) is 3.72. The number of hydrogen-bond donors (Lipinski definition) is 1. The molecule has 0 saturated carbocycles. The first kappa shape index (κ1) is 26.8. The SMILES string of the molecule is CCOc1ccc(N2C(=O)C(CC(=O)Nc3ccc(OC)cc3)N(CCN3CCN(C)CC3)C2=S)cc1. The second-order valence-electron chi connectivity index (χ2n) is 9.22. The normalized spacial score (nSPS) is 18.8. The number of rotatable bonds is 10. The Bertz CT molecular complexity index is 1090. The van der Waals surface area contributed by atoms with Gasteiger partial charge in [0.05, 0.1) is 25.8 Å². The topological polar surface area (TPSA) is 77.6 Å². The first-order valence-corrected chi connectivity index (χ1v) is 13.0.